The van der Waals surface area contributed by atoms with Crippen molar-refractivity contribution in [3.8, 4) is 0 Å². The molecule has 1 aromatic carbocycles. The molecule has 26 heavy (non-hydrogen) atoms. The number of carbonyl (C=O) groups is 1. The summed E-state index contributed by atoms with van der Waals surface area (Å²) in [5.74, 6) is 0.0167. The fourth-order valence-corrected chi connectivity index (χ4v) is 3.84. The monoisotopic (exact) mass is 362 g/mol. The SMILES string of the molecule is CCOCC(=O)N1CCO[C@@H](CN2CCC(O)CC2)[C@@H]1c1ccccc1. The average molecular weight is 362 g/mol. The minimum absolute atomic E-state index is 0.0167. The maximum Gasteiger partial charge on any atom is 0.249 e. The standard InChI is InChI=1S/C20H30N2O4/c1-2-25-15-19(24)22-12-13-26-18(14-21-10-8-17(23)9-11-21)20(22)16-6-4-3-5-7-16/h3-7,17-18,20,23H,2,8-15H2,1H3/t18-,20-/m0/s1. The van der Waals surface area contributed by atoms with E-state index < -0.39 is 0 Å². The van der Waals surface area contributed by atoms with Crippen molar-refractivity contribution in [3.05, 3.63) is 35.9 Å². The third-order valence-electron chi connectivity index (χ3n) is 5.24. The molecule has 144 valence electrons. The van der Waals surface area contributed by atoms with E-state index in [9.17, 15) is 9.90 Å². The minimum Gasteiger partial charge on any atom is -0.393 e. The summed E-state index contributed by atoms with van der Waals surface area (Å²) in [5.41, 5.74) is 1.10. The minimum atomic E-state index is -0.187. The second-order valence-corrected chi connectivity index (χ2v) is 7.02. The van der Waals surface area contributed by atoms with Gasteiger partial charge < -0.3 is 24.4 Å². The van der Waals surface area contributed by atoms with E-state index in [2.05, 4.69) is 17.0 Å². The van der Waals surface area contributed by atoms with Crippen molar-refractivity contribution in [2.24, 2.45) is 0 Å². The van der Waals surface area contributed by atoms with Crippen LogP contribution in [-0.2, 0) is 14.3 Å². The largest absolute Gasteiger partial charge is 0.393 e. The van der Waals surface area contributed by atoms with Gasteiger partial charge in [-0.2, -0.15) is 0 Å². The Morgan fingerprint density at radius 2 is 1.96 bits per heavy atom. The van der Waals surface area contributed by atoms with Crippen molar-refractivity contribution in [2.75, 3.05) is 46.0 Å². The summed E-state index contributed by atoms with van der Waals surface area (Å²) >= 11 is 0. The Morgan fingerprint density at radius 3 is 2.65 bits per heavy atom. The average Bonchev–Trinajstić information content (AvgIpc) is 2.68. The van der Waals surface area contributed by atoms with E-state index in [1.165, 1.54) is 0 Å². The number of morpholine rings is 1. The van der Waals surface area contributed by atoms with Crippen molar-refractivity contribution in [1.29, 1.82) is 0 Å². The summed E-state index contributed by atoms with van der Waals surface area (Å²) < 4.78 is 11.5. The predicted octanol–water partition coefficient (Wildman–Crippen LogP) is 1.45. The quantitative estimate of drug-likeness (QED) is 0.830. The van der Waals surface area contributed by atoms with E-state index in [4.69, 9.17) is 9.47 Å². The fourth-order valence-electron chi connectivity index (χ4n) is 3.84. The van der Waals surface area contributed by atoms with Gasteiger partial charge in [-0.3, -0.25) is 4.79 Å². The van der Waals surface area contributed by atoms with Crippen LogP contribution in [0.2, 0.25) is 0 Å². The highest BCUT2D eigenvalue weighted by Crippen LogP contribution is 2.31. The molecule has 0 aliphatic carbocycles. The van der Waals surface area contributed by atoms with Crippen molar-refractivity contribution in [3.63, 3.8) is 0 Å². The van der Waals surface area contributed by atoms with Gasteiger partial charge in [0.25, 0.3) is 0 Å². The van der Waals surface area contributed by atoms with Crippen molar-refractivity contribution >= 4 is 5.91 Å². The van der Waals surface area contributed by atoms with Crippen LogP contribution in [0.4, 0.5) is 0 Å². The summed E-state index contributed by atoms with van der Waals surface area (Å²) in [7, 11) is 0. The highest BCUT2D eigenvalue weighted by Gasteiger charge is 2.37. The Morgan fingerprint density at radius 1 is 1.23 bits per heavy atom. The number of nitrogens with zero attached hydrogens (tertiary/aromatic N) is 2. The molecule has 2 atom stereocenters. The van der Waals surface area contributed by atoms with Gasteiger partial charge in [0.1, 0.15) is 6.61 Å². The van der Waals surface area contributed by atoms with Crippen molar-refractivity contribution in [1.82, 2.24) is 9.80 Å². The van der Waals surface area contributed by atoms with E-state index in [-0.39, 0.29) is 30.8 Å². The van der Waals surface area contributed by atoms with Gasteiger partial charge in [0.2, 0.25) is 5.91 Å². The molecule has 2 heterocycles. The Labute approximate surface area is 155 Å². The lowest BCUT2D eigenvalue weighted by Crippen LogP contribution is -2.53. The number of carbonyl (C=O) groups excluding carboxylic acids is 1. The van der Waals surface area contributed by atoms with Crippen LogP contribution in [0.3, 0.4) is 0 Å². The second kappa shape index (κ2) is 9.46. The third-order valence-corrected chi connectivity index (χ3v) is 5.24. The van der Waals surface area contributed by atoms with Crippen LogP contribution in [0, 0.1) is 0 Å². The Kier molecular flexibility index (Phi) is 7.02. The number of aliphatic hydroxyl groups is 1. The van der Waals surface area contributed by atoms with Gasteiger partial charge >= 0.3 is 0 Å². The lowest BCUT2D eigenvalue weighted by Gasteiger charge is -2.44. The number of ether oxygens (including phenoxy) is 2. The summed E-state index contributed by atoms with van der Waals surface area (Å²) in [6.07, 6.45) is 1.34. The zero-order chi connectivity index (χ0) is 18.4. The predicted molar refractivity (Wildman–Crippen MR) is 98.8 cm³/mol. The summed E-state index contributed by atoms with van der Waals surface area (Å²) in [5, 5.41) is 9.74. The second-order valence-electron chi connectivity index (χ2n) is 7.02. The summed E-state index contributed by atoms with van der Waals surface area (Å²) in [6, 6.07) is 10.0. The third kappa shape index (κ3) is 4.82. The Bertz CT molecular complexity index is 560. The Balaban J connectivity index is 1.76. The Hall–Kier alpha value is -1.47. The molecule has 2 fully saturated rings. The highest BCUT2D eigenvalue weighted by molar-refractivity contribution is 5.78. The first-order valence-electron chi connectivity index (χ1n) is 9.63. The molecule has 2 aliphatic heterocycles. The lowest BCUT2D eigenvalue weighted by molar-refractivity contribution is -0.153. The molecular weight excluding hydrogens is 332 g/mol. The smallest absolute Gasteiger partial charge is 0.249 e. The molecule has 0 radical (unpaired) electrons. The molecule has 6 nitrogen and oxygen atoms in total. The zero-order valence-electron chi connectivity index (χ0n) is 15.5. The molecule has 6 heteroatoms. The fraction of sp³-hybridized carbons (Fsp3) is 0.650. The first kappa shape index (κ1) is 19.3. The lowest BCUT2D eigenvalue weighted by atomic mass is 9.96. The molecule has 2 saturated heterocycles. The van der Waals surface area contributed by atoms with Gasteiger partial charge in [0.15, 0.2) is 0 Å². The maximum atomic E-state index is 12.7. The number of piperidine rings is 1. The highest BCUT2D eigenvalue weighted by atomic mass is 16.5. The molecular formula is C20H30N2O4. The van der Waals surface area contributed by atoms with E-state index in [0.717, 1.165) is 38.0 Å². The van der Waals surface area contributed by atoms with E-state index in [1.54, 1.807) is 0 Å². The van der Waals surface area contributed by atoms with Crippen LogP contribution in [-0.4, -0.2) is 79.0 Å². The first-order valence-corrected chi connectivity index (χ1v) is 9.63. The van der Waals surface area contributed by atoms with E-state index in [0.29, 0.717) is 19.8 Å². The molecule has 0 saturated carbocycles. The van der Waals surface area contributed by atoms with Crippen LogP contribution in [0.1, 0.15) is 31.4 Å². The topological polar surface area (TPSA) is 62.2 Å². The number of rotatable bonds is 6. The molecule has 0 unspecified atom stereocenters. The van der Waals surface area contributed by atoms with Gasteiger partial charge in [-0.1, -0.05) is 30.3 Å². The first-order chi connectivity index (χ1) is 12.7. The van der Waals surface area contributed by atoms with Gasteiger partial charge in [-0.15, -0.1) is 0 Å². The summed E-state index contributed by atoms with van der Waals surface area (Å²) in [6.45, 7) is 6.18. The number of hydrogen-bond donors (Lipinski definition) is 1. The van der Waals surface area contributed by atoms with Gasteiger partial charge in [0.05, 0.1) is 24.9 Å². The van der Waals surface area contributed by atoms with Crippen LogP contribution in [0.25, 0.3) is 0 Å². The number of amides is 1. The molecule has 0 spiro atoms. The number of benzene rings is 1. The van der Waals surface area contributed by atoms with Gasteiger partial charge in [0, 0.05) is 32.8 Å². The number of likely N-dealkylation sites (tertiary alicyclic amines) is 1. The molecule has 1 aromatic rings. The van der Waals surface area contributed by atoms with Crippen molar-refractivity contribution in [2.45, 2.75) is 38.0 Å². The molecule has 3 rings (SSSR count). The maximum absolute atomic E-state index is 12.7. The van der Waals surface area contributed by atoms with E-state index >= 15 is 0 Å². The van der Waals surface area contributed by atoms with E-state index in [1.807, 2.05) is 30.0 Å². The molecule has 0 bridgehead atoms. The molecule has 2 aliphatic rings. The van der Waals surface area contributed by atoms with Crippen molar-refractivity contribution < 1.29 is 19.4 Å². The molecule has 0 aromatic heterocycles. The van der Waals surface area contributed by atoms with Crippen LogP contribution in [0.5, 0.6) is 0 Å². The number of aliphatic hydroxyl groups excluding tert-OH is 1. The van der Waals surface area contributed by atoms with Crippen LogP contribution in [0.15, 0.2) is 30.3 Å². The van der Waals surface area contributed by atoms with Gasteiger partial charge in [-0.25, -0.2) is 0 Å². The van der Waals surface area contributed by atoms with Gasteiger partial charge in [-0.05, 0) is 25.3 Å². The van der Waals surface area contributed by atoms with Crippen LogP contribution < -0.4 is 0 Å². The molecule has 1 amide bonds. The normalized spacial score (nSPS) is 25.4. The molecule has 1 N–H and O–H groups in total. The summed E-state index contributed by atoms with van der Waals surface area (Å²) in [4.78, 5) is 17.0. The van der Waals surface area contributed by atoms with Crippen LogP contribution >= 0.6 is 0 Å². The number of hydrogen-bond acceptors (Lipinski definition) is 5. The zero-order valence-corrected chi connectivity index (χ0v) is 15.5.